The molecule has 0 unspecified atom stereocenters. The largest absolute Gasteiger partial charge is 0.497 e. The van der Waals surface area contributed by atoms with Gasteiger partial charge in [0.1, 0.15) is 12.3 Å². The van der Waals surface area contributed by atoms with E-state index >= 15 is 0 Å². The Labute approximate surface area is 265 Å². The Bertz CT molecular complexity index is 1530. The summed E-state index contributed by atoms with van der Waals surface area (Å²) >= 11 is 0. The topological polar surface area (TPSA) is 93.1 Å². The zero-order chi connectivity index (χ0) is 31.9. The average molecular weight is 615 g/mol. The number of rotatable bonds is 11. The minimum atomic E-state index is -0.383. The molecule has 2 aliphatic heterocycles. The number of hydrazone groups is 1. The predicted molar refractivity (Wildman–Crippen MR) is 172 cm³/mol. The van der Waals surface area contributed by atoms with Crippen LogP contribution >= 0.6 is 0 Å². The van der Waals surface area contributed by atoms with E-state index in [2.05, 4.69) is 30.9 Å². The van der Waals surface area contributed by atoms with Crippen LogP contribution < -0.4 is 14.2 Å². The number of methoxy groups -OCH3 is 3. The van der Waals surface area contributed by atoms with Gasteiger partial charge in [0, 0.05) is 38.2 Å². The lowest BCUT2D eigenvalue weighted by atomic mass is 9.96. The molecule has 3 aromatic carbocycles. The second-order valence-corrected chi connectivity index (χ2v) is 11.3. The van der Waals surface area contributed by atoms with Crippen LogP contribution in [0.5, 0.6) is 17.2 Å². The van der Waals surface area contributed by atoms with Gasteiger partial charge in [0.05, 0.1) is 46.3 Å². The van der Waals surface area contributed by atoms with Crippen LogP contribution in [0.15, 0.2) is 65.8 Å². The number of ether oxygens (including phenoxy) is 4. The van der Waals surface area contributed by atoms with E-state index in [9.17, 15) is 9.59 Å². The van der Waals surface area contributed by atoms with E-state index in [0.29, 0.717) is 55.5 Å². The molecule has 45 heavy (non-hydrogen) atoms. The summed E-state index contributed by atoms with van der Waals surface area (Å²) < 4.78 is 21.8. The van der Waals surface area contributed by atoms with Gasteiger partial charge in [-0.1, -0.05) is 18.2 Å². The molecule has 5 rings (SSSR count). The van der Waals surface area contributed by atoms with Crippen LogP contribution in [0, 0.1) is 13.8 Å². The van der Waals surface area contributed by atoms with Crippen molar-refractivity contribution in [3.05, 3.63) is 88.5 Å². The molecule has 0 N–H and O–H groups in total. The Balaban J connectivity index is 1.45. The number of hydrogen-bond donors (Lipinski definition) is 0. The van der Waals surface area contributed by atoms with Crippen LogP contribution in [0.2, 0.25) is 0 Å². The van der Waals surface area contributed by atoms with Crippen LogP contribution in [-0.4, -0.2) is 99.6 Å². The molecular weight excluding hydrogens is 572 g/mol. The fourth-order valence-corrected chi connectivity index (χ4v) is 5.65. The Hall–Kier alpha value is -4.41. The Morgan fingerprint density at radius 3 is 2.29 bits per heavy atom. The molecule has 10 heteroatoms. The first kappa shape index (κ1) is 32.0. The molecule has 1 atom stereocenters. The summed E-state index contributed by atoms with van der Waals surface area (Å²) in [7, 11) is 4.77. The minimum Gasteiger partial charge on any atom is -0.497 e. The Morgan fingerprint density at radius 2 is 1.62 bits per heavy atom. The van der Waals surface area contributed by atoms with E-state index in [1.807, 2.05) is 24.3 Å². The summed E-state index contributed by atoms with van der Waals surface area (Å²) in [5.41, 5.74) is 5.48. The lowest BCUT2D eigenvalue weighted by Gasteiger charge is -2.31. The van der Waals surface area contributed by atoms with Gasteiger partial charge < -0.3 is 23.8 Å². The maximum Gasteiger partial charge on any atom is 0.262 e. The number of carbonyl (C=O) groups excluding carboxylic acids is 2. The molecule has 3 aromatic rings. The summed E-state index contributed by atoms with van der Waals surface area (Å²) in [6, 6.07) is 18.5. The number of nitrogens with zero attached hydrogens (tertiary/aromatic N) is 4. The first-order valence-corrected chi connectivity index (χ1v) is 15.2. The van der Waals surface area contributed by atoms with Crippen LogP contribution in [0.3, 0.4) is 0 Å². The van der Waals surface area contributed by atoms with Crippen LogP contribution in [0.1, 0.15) is 45.1 Å². The van der Waals surface area contributed by atoms with Gasteiger partial charge in [0.15, 0.2) is 11.5 Å². The van der Waals surface area contributed by atoms with Gasteiger partial charge in [-0.2, -0.15) is 5.10 Å². The highest BCUT2D eigenvalue weighted by Crippen LogP contribution is 2.37. The van der Waals surface area contributed by atoms with Gasteiger partial charge in [-0.05, 0) is 78.6 Å². The summed E-state index contributed by atoms with van der Waals surface area (Å²) in [5.74, 6) is 1.35. The molecule has 0 radical (unpaired) electrons. The van der Waals surface area contributed by atoms with Crippen molar-refractivity contribution in [3.63, 3.8) is 0 Å². The van der Waals surface area contributed by atoms with Crippen LogP contribution in [0.4, 0.5) is 0 Å². The summed E-state index contributed by atoms with van der Waals surface area (Å²) in [6.45, 7) is 7.93. The highest BCUT2D eigenvalue weighted by molar-refractivity contribution is 6.04. The predicted octanol–water partition coefficient (Wildman–Crippen LogP) is 4.48. The lowest BCUT2D eigenvalue weighted by Crippen LogP contribution is -2.46. The number of aryl methyl sites for hydroxylation is 2. The van der Waals surface area contributed by atoms with Crippen molar-refractivity contribution in [1.82, 2.24) is 14.8 Å². The number of hydrogen-bond acceptors (Lipinski definition) is 8. The van der Waals surface area contributed by atoms with Gasteiger partial charge in [-0.3, -0.25) is 14.5 Å². The molecule has 0 saturated carbocycles. The molecule has 0 bridgehead atoms. The van der Waals surface area contributed by atoms with E-state index in [1.54, 1.807) is 50.5 Å². The first-order chi connectivity index (χ1) is 21.8. The molecule has 2 aliphatic rings. The number of amides is 2. The van der Waals surface area contributed by atoms with Crippen molar-refractivity contribution in [2.45, 2.75) is 26.3 Å². The van der Waals surface area contributed by atoms with Crippen LogP contribution in [-0.2, 0) is 9.53 Å². The smallest absolute Gasteiger partial charge is 0.262 e. The van der Waals surface area contributed by atoms with Crippen molar-refractivity contribution >= 4 is 17.5 Å². The van der Waals surface area contributed by atoms with Gasteiger partial charge in [0.2, 0.25) is 0 Å². The third-order valence-electron chi connectivity index (χ3n) is 8.54. The quantitative estimate of drug-likeness (QED) is 0.315. The molecule has 2 amide bonds. The highest BCUT2D eigenvalue weighted by Gasteiger charge is 2.35. The maximum absolute atomic E-state index is 14.2. The Kier molecular flexibility index (Phi) is 10.4. The number of carbonyl (C=O) groups is 2. The fraction of sp³-hybridized carbons (Fsp3) is 0.400. The third kappa shape index (κ3) is 7.46. The molecular formula is C35H42N4O6. The standard InChI is InChI=1S/C35H42N4O6/c1-24-6-7-27(20-25(24)2)30-22-31(28-10-13-32(43-4)33(21-28)44-5)39(36-30)34(40)23-38(15-14-37-16-18-45-19-17-37)35(41)26-8-11-29(42-3)12-9-26/h6-13,20-21,31H,14-19,22-23H2,1-5H3/t31-/m0/s1. The average Bonchev–Trinajstić information content (AvgIpc) is 3.53. The maximum atomic E-state index is 14.2. The lowest BCUT2D eigenvalue weighted by molar-refractivity contribution is -0.133. The molecule has 0 aliphatic carbocycles. The molecule has 1 saturated heterocycles. The second-order valence-electron chi connectivity index (χ2n) is 11.3. The van der Waals surface area contributed by atoms with E-state index in [-0.39, 0.29) is 24.4 Å². The van der Waals surface area contributed by atoms with E-state index in [1.165, 1.54) is 10.6 Å². The van der Waals surface area contributed by atoms with Crippen molar-refractivity contribution in [2.75, 3.05) is 67.3 Å². The monoisotopic (exact) mass is 614 g/mol. The zero-order valence-corrected chi connectivity index (χ0v) is 26.7. The highest BCUT2D eigenvalue weighted by atomic mass is 16.5. The molecule has 10 nitrogen and oxygen atoms in total. The summed E-state index contributed by atoms with van der Waals surface area (Å²) in [6.07, 6.45) is 0.518. The van der Waals surface area contributed by atoms with Crippen molar-refractivity contribution < 1.29 is 28.5 Å². The molecule has 0 spiro atoms. The molecule has 1 fully saturated rings. The van der Waals surface area contributed by atoms with Crippen molar-refractivity contribution in [1.29, 1.82) is 0 Å². The van der Waals surface area contributed by atoms with Crippen molar-refractivity contribution in [2.24, 2.45) is 5.10 Å². The number of morpholine rings is 1. The van der Waals surface area contributed by atoms with E-state index in [4.69, 9.17) is 24.0 Å². The van der Waals surface area contributed by atoms with E-state index in [0.717, 1.165) is 35.5 Å². The van der Waals surface area contributed by atoms with Crippen molar-refractivity contribution in [3.8, 4) is 17.2 Å². The fourth-order valence-electron chi connectivity index (χ4n) is 5.65. The first-order valence-electron chi connectivity index (χ1n) is 15.2. The summed E-state index contributed by atoms with van der Waals surface area (Å²) in [5, 5.41) is 6.43. The summed E-state index contributed by atoms with van der Waals surface area (Å²) in [4.78, 5) is 31.9. The third-order valence-corrected chi connectivity index (χ3v) is 8.54. The number of benzene rings is 3. The van der Waals surface area contributed by atoms with Gasteiger partial charge in [-0.15, -0.1) is 0 Å². The zero-order valence-electron chi connectivity index (χ0n) is 26.7. The van der Waals surface area contributed by atoms with Crippen LogP contribution in [0.25, 0.3) is 0 Å². The Morgan fingerprint density at radius 1 is 0.889 bits per heavy atom. The van der Waals surface area contributed by atoms with Gasteiger partial charge in [0.25, 0.3) is 11.8 Å². The second kappa shape index (κ2) is 14.6. The molecule has 238 valence electrons. The molecule has 0 aromatic heterocycles. The van der Waals surface area contributed by atoms with Gasteiger partial charge >= 0.3 is 0 Å². The van der Waals surface area contributed by atoms with E-state index < -0.39 is 0 Å². The minimum absolute atomic E-state index is 0.122. The SMILES string of the molecule is COc1ccc(C(=O)N(CCN2CCOCC2)CC(=O)N2N=C(c3ccc(C)c(C)c3)C[C@H]2c2ccc(OC)c(OC)c2)cc1. The normalized spacial score (nSPS) is 16.7. The molecule has 2 heterocycles. The van der Waals surface area contributed by atoms with Gasteiger partial charge in [-0.25, -0.2) is 5.01 Å².